The van der Waals surface area contributed by atoms with Crippen LogP contribution >= 0.6 is 22.9 Å². The average Bonchev–Trinajstić information content (AvgIpc) is 3.17. The molecule has 2 N–H and O–H groups in total. The lowest BCUT2D eigenvalue weighted by atomic mass is 10.1. The number of hydrogen-bond donors (Lipinski definition) is 1. The molecule has 2 aromatic heterocycles. The van der Waals surface area contributed by atoms with Crippen molar-refractivity contribution in [3.8, 4) is 10.8 Å². The number of anilines is 1. The fraction of sp³-hybridized carbons (Fsp3) is 0.250. The van der Waals surface area contributed by atoms with Crippen LogP contribution in [0.5, 0.6) is 0 Å². The van der Waals surface area contributed by atoms with Gasteiger partial charge in [0.15, 0.2) is 0 Å². The minimum absolute atomic E-state index is 0.302. The van der Waals surface area contributed by atoms with Crippen molar-refractivity contribution in [1.82, 2.24) is 10.2 Å². The highest BCUT2D eigenvalue weighted by molar-refractivity contribution is 7.13. The largest absolute Gasteiger partial charge is 0.415 e. The predicted octanol–water partition coefficient (Wildman–Crippen LogP) is 4.58. The van der Waals surface area contributed by atoms with Crippen LogP contribution in [0.15, 0.2) is 50.5 Å². The first-order chi connectivity index (χ1) is 12.8. The monoisotopic (exact) mass is 400 g/mol. The summed E-state index contributed by atoms with van der Waals surface area (Å²) in [5.74, 6) is 0.655. The maximum Gasteiger partial charge on any atom is 0.260 e. The first kappa shape index (κ1) is 19.3. The molecule has 0 fully saturated rings. The summed E-state index contributed by atoms with van der Waals surface area (Å²) < 4.78 is 6.74. The van der Waals surface area contributed by atoms with Gasteiger partial charge in [0, 0.05) is 15.9 Å². The molecule has 0 bridgehead atoms. The molecule has 3 rings (SSSR count). The topological polar surface area (TPSA) is 77.3 Å². The van der Waals surface area contributed by atoms with Gasteiger partial charge in [0.25, 0.3) is 5.89 Å². The van der Waals surface area contributed by atoms with E-state index in [1.54, 1.807) is 6.08 Å². The van der Waals surface area contributed by atoms with Gasteiger partial charge in [-0.15, -0.1) is 21.5 Å². The van der Waals surface area contributed by atoms with Gasteiger partial charge in [-0.05, 0) is 45.8 Å². The standard InChI is InChI=1S/C20H21ClN4OS/c1-6-7-8-14(12(4)21)18-24-25-19(26-18)17-16(22)15-11(3)9-10(2)13(5)23-20(15)27-17/h6-8H,4,9,22H2,1-3,5H3/b7-6-,14-8+. The summed E-state index contributed by atoms with van der Waals surface area (Å²) in [6, 6.07) is 0. The van der Waals surface area contributed by atoms with E-state index < -0.39 is 0 Å². The van der Waals surface area contributed by atoms with Crippen molar-refractivity contribution in [2.24, 2.45) is 4.99 Å². The Labute approximate surface area is 167 Å². The zero-order valence-corrected chi connectivity index (χ0v) is 17.3. The van der Waals surface area contributed by atoms with E-state index in [1.807, 2.05) is 26.0 Å². The van der Waals surface area contributed by atoms with Crippen LogP contribution in [0.4, 0.5) is 5.69 Å². The number of nitrogens with zero attached hydrogens (tertiary/aromatic N) is 3. The third-order valence-electron chi connectivity index (χ3n) is 4.37. The SMILES string of the molecule is C=C(Cl)/C(=C\C=C/C)c1nnc(-c2sc3c(c2N)=C(C)CC(C)=C(C)N=3)o1. The molecule has 27 heavy (non-hydrogen) atoms. The van der Waals surface area contributed by atoms with Gasteiger partial charge in [-0.2, -0.15) is 0 Å². The highest BCUT2D eigenvalue weighted by Crippen LogP contribution is 2.31. The lowest BCUT2D eigenvalue weighted by Crippen LogP contribution is -2.23. The summed E-state index contributed by atoms with van der Waals surface area (Å²) in [6.07, 6.45) is 6.34. The highest BCUT2D eigenvalue weighted by Gasteiger charge is 2.20. The Hall–Kier alpha value is -2.44. The smallest absolute Gasteiger partial charge is 0.260 e. The van der Waals surface area contributed by atoms with Gasteiger partial charge in [-0.3, -0.25) is 0 Å². The first-order valence-electron chi connectivity index (χ1n) is 8.48. The van der Waals surface area contributed by atoms with Gasteiger partial charge in [-0.1, -0.05) is 35.9 Å². The second-order valence-corrected chi connectivity index (χ2v) is 7.84. The van der Waals surface area contributed by atoms with Gasteiger partial charge in [0.05, 0.1) is 11.3 Å². The Balaban J connectivity index is 2.15. The maximum atomic E-state index is 6.45. The molecule has 0 radical (unpaired) electrons. The molecule has 0 aromatic carbocycles. The van der Waals surface area contributed by atoms with Gasteiger partial charge in [0.2, 0.25) is 5.89 Å². The summed E-state index contributed by atoms with van der Waals surface area (Å²) in [5, 5.41) is 9.59. The van der Waals surface area contributed by atoms with Crippen molar-refractivity contribution in [3.63, 3.8) is 0 Å². The maximum absolute atomic E-state index is 6.45. The van der Waals surface area contributed by atoms with E-state index >= 15 is 0 Å². The number of rotatable bonds is 4. The third kappa shape index (κ3) is 3.68. The molecule has 140 valence electrons. The molecule has 7 heteroatoms. The number of allylic oxidation sites excluding steroid dienone is 7. The number of aromatic nitrogens is 2. The number of nitrogen functional groups attached to an aromatic ring is 1. The van der Waals surface area contributed by atoms with Gasteiger partial charge in [-0.25, -0.2) is 4.99 Å². The Bertz CT molecular complexity index is 1130. The molecule has 3 heterocycles. The van der Waals surface area contributed by atoms with Crippen molar-refractivity contribution in [2.45, 2.75) is 34.1 Å². The Morgan fingerprint density at radius 2 is 2.00 bits per heavy atom. The number of nitrogens with two attached hydrogens (primary N) is 1. The minimum Gasteiger partial charge on any atom is -0.415 e. The third-order valence-corrected chi connectivity index (χ3v) is 5.66. The molecule has 5 nitrogen and oxygen atoms in total. The molecular formula is C20H21ClN4OS. The summed E-state index contributed by atoms with van der Waals surface area (Å²) in [6.45, 7) is 11.9. The van der Waals surface area contributed by atoms with Gasteiger partial charge in [0.1, 0.15) is 9.55 Å². The van der Waals surface area contributed by atoms with E-state index in [9.17, 15) is 0 Å². The molecule has 0 saturated heterocycles. The van der Waals surface area contributed by atoms with Gasteiger partial charge >= 0.3 is 0 Å². The van der Waals surface area contributed by atoms with Crippen LogP contribution in [0.25, 0.3) is 21.9 Å². The molecule has 0 unspecified atom stereocenters. The Morgan fingerprint density at radius 1 is 1.26 bits per heavy atom. The molecule has 0 atom stereocenters. The van der Waals surface area contributed by atoms with Crippen molar-refractivity contribution >= 4 is 39.8 Å². The molecule has 1 aliphatic heterocycles. The molecule has 0 saturated carbocycles. The second-order valence-electron chi connectivity index (χ2n) is 6.38. The molecule has 0 aliphatic carbocycles. The number of thiophene rings is 1. The van der Waals surface area contributed by atoms with E-state index in [0.29, 0.717) is 28.1 Å². The van der Waals surface area contributed by atoms with Crippen molar-refractivity contribution in [2.75, 3.05) is 5.73 Å². The summed E-state index contributed by atoms with van der Waals surface area (Å²) in [4.78, 5) is 5.46. The van der Waals surface area contributed by atoms with E-state index in [-0.39, 0.29) is 0 Å². The van der Waals surface area contributed by atoms with Crippen LogP contribution < -0.4 is 15.6 Å². The second kappa shape index (κ2) is 7.66. The number of halogens is 1. The molecule has 0 spiro atoms. The fourth-order valence-corrected chi connectivity index (χ4v) is 4.13. The van der Waals surface area contributed by atoms with Crippen LogP contribution in [0.2, 0.25) is 0 Å². The summed E-state index contributed by atoms with van der Waals surface area (Å²) in [5.41, 5.74) is 11.1. The zero-order chi connectivity index (χ0) is 19.7. The summed E-state index contributed by atoms with van der Waals surface area (Å²) in [7, 11) is 0. The molecule has 1 aliphatic rings. The van der Waals surface area contributed by atoms with E-state index in [1.165, 1.54) is 22.5 Å². The predicted molar refractivity (Wildman–Crippen MR) is 113 cm³/mol. The van der Waals surface area contributed by atoms with Crippen LogP contribution in [0.1, 0.15) is 40.0 Å². The highest BCUT2D eigenvalue weighted by atomic mass is 35.5. The molecule has 2 aromatic rings. The van der Waals surface area contributed by atoms with Crippen molar-refractivity contribution < 1.29 is 4.42 Å². The number of hydrogen-bond acceptors (Lipinski definition) is 6. The van der Waals surface area contributed by atoms with Crippen molar-refractivity contribution in [1.29, 1.82) is 0 Å². The van der Waals surface area contributed by atoms with Crippen LogP contribution in [0.3, 0.4) is 0 Å². The lowest BCUT2D eigenvalue weighted by Gasteiger charge is -2.01. The van der Waals surface area contributed by atoms with E-state index in [4.69, 9.17) is 26.7 Å². The minimum atomic E-state index is 0.302. The Kier molecular flexibility index (Phi) is 5.48. The zero-order valence-electron chi connectivity index (χ0n) is 15.8. The quantitative estimate of drug-likeness (QED) is 0.762. The van der Waals surface area contributed by atoms with Crippen LogP contribution in [-0.2, 0) is 0 Å². The van der Waals surface area contributed by atoms with Crippen molar-refractivity contribution in [3.05, 3.63) is 56.9 Å². The van der Waals surface area contributed by atoms with E-state index in [0.717, 1.165) is 26.9 Å². The van der Waals surface area contributed by atoms with Gasteiger partial charge < -0.3 is 10.2 Å². The Morgan fingerprint density at radius 3 is 2.67 bits per heavy atom. The van der Waals surface area contributed by atoms with Crippen LogP contribution in [-0.4, -0.2) is 10.2 Å². The molecule has 0 amide bonds. The molecular weight excluding hydrogens is 380 g/mol. The summed E-state index contributed by atoms with van der Waals surface area (Å²) >= 11 is 7.54. The van der Waals surface area contributed by atoms with E-state index in [2.05, 4.69) is 30.6 Å². The fourth-order valence-electron chi connectivity index (χ4n) is 2.84. The average molecular weight is 401 g/mol. The van der Waals surface area contributed by atoms with Crippen LogP contribution in [0, 0.1) is 0 Å². The normalized spacial score (nSPS) is 15.1. The number of fused-ring (bicyclic) bond motifs is 1. The first-order valence-corrected chi connectivity index (χ1v) is 9.68. The lowest BCUT2D eigenvalue weighted by molar-refractivity contribution is 0.556.